The fourth-order valence-corrected chi connectivity index (χ4v) is 2.88. The first kappa shape index (κ1) is 12.7. The van der Waals surface area contributed by atoms with Gasteiger partial charge in [-0.2, -0.15) is 0 Å². The minimum Gasteiger partial charge on any atom is -0.356 e. The maximum atomic E-state index is 12.1. The highest BCUT2D eigenvalue weighted by Gasteiger charge is 2.19. The first-order chi connectivity index (χ1) is 8.16. The fraction of sp³-hybridized carbons (Fsp3) is 0.615. The van der Waals surface area contributed by atoms with Gasteiger partial charge in [-0.15, -0.1) is 0 Å². The predicted octanol–water partition coefficient (Wildman–Crippen LogP) is 3.43. The zero-order chi connectivity index (χ0) is 12.3. The number of halogens is 1. The molecule has 4 heteroatoms. The number of hydrogen-bond acceptors (Lipinski definition) is 1. The van der Waals surface area contributed by atoms with Crippen molar-refractivity contribution in [3.05, 3.63) is 22.4 Å². The Kier molecular flexibility index (Phi) is 4.26. The highest BCUT2D eigenvalue weighted by atomic mass is 79.9. The van der Waals surface area contributed by atoms with Crippen molar-refractivity contribution in [3.8, 4) is 0 Å². The summed E-state index contributed by atoms with van der Waals surface area (Å²) in [4.78, 5) is 16.9. The van der Waals surface area contributed by atoms with Gasteiger partial charge >= 0.3 is 0 Å². The number of aromatic nitrogens is 1. The van der Waals surface area contributed by atoms with Crippen LogP contribution in [0.4, 0.5) is 0 Å². The van der Waals surface area contributed by atoms with Gasteiger partial charge in [-0.05, 0) is 40.8 Å². The number of nitrogens with one attached hydrogen (secondary N) is 1. The van der Waals surface area contributed by atoms with Gasteiger partial charge in [0.15, 0.2) is 0 Å². The summed E-state index contributed by atoms with van der Waals surface area (Å²) in [6.45, 7) is 0.884. The molecule has 94 valence electrons. The average Bonchev–Trinajstić information content (AvgIpc) is 2.76. The first-order valence-corrected chi connectivity index (χ1v) is 7.05. The Bertz CT molecular complexity index is 383. The van der Waals surface area contributed by atoms with Crippen molar-refractivity contribution in [3.63, 3.8) is 0 Å². The molecule has 1 heterocycles. The molecule has 0 unspecified atom stereocenters. The third kappa shape index (κ3) is 3.35. The number of hydrogen-bond donors (Lipinski definition) is 1. The van der Waals surface area contributed by atoms with Crippen molar-refractivity contribution in [1.82, 2.24) is 9.88 Å². The van der Waals surface area contributed by atoms with E-state index in [1.165, 1.54) is 32.1 Å². The molecule has 2 rings (SSSR count). The number of carbonyl (C=O) groups excluding carboxylic acids is 1. The van der Waals surface area contributed by atoms with Crippen LogP contribution in [0.25, 0.3) is 0 Å². The molecule has 1 saturated carbocycles. The third-order valence-electron chi connectivity index (χ3n) is 3.48. The Morgan fingerprint density at radius 3 is 2.76 bits per heavy atom. The Hall–Kier alpha value is -0.770. The zero-order valence-electron chi connectivity index (χ0n) is 10.2. The lowest BCUT2D eigenvalue weighted by Crippen LogP contribution is -2.32. The fourth-order valence-electron chi connectivity index (χ4n) is 2.54. The van der Waals surface area contributed by atoms with Crippen molar-refractivity contribution in [2.75, 3.05) is 13.6 Å². The Labute approximate surface area is 111 Å². The molecule has 1 amide bonds. The van der Waals surface area contributed by atoms with Gasteiger partial charge in [-0.3, -0.25) is 4.79 Å². The van der Waals surface area contributed by atoms with Crippen LogP contribution < -0.4 is 0 Å². The molecule has 1 fully saturated rings. The minimum absolute atomic E-state index is 0.0845. The van der Waals surface area contributed by atoms with Gasteiger partial charge in [0, 0.05) is 24.3 Å². The third-order valence-corrected chi connectivity index (χ3v) is 3.94. The molecule has 0 aromatic carbocycles. The summed E-state index contributed by atoms with van der Waals surface area (Å²) in [5, 5.41) is 0. The van der Waals surface area contributed by atoms with Crippen LogP contribution in [0.3, 0.4) is 0 Å². The quantitative estimate of drug-likeness (QED) is 0.912. The molecule has 0 aliphatic heterocycles. The molecule has 0 atom stereocenters. The Balaban J connectivity index is 1.90. The van der Waals surface area contributed by atoms with Crippen LogP contribution in [0.15, 0.2) is 16.7 Å². The van der Waals surface area contributed by atoms with Crippen molar-refractivity contribution in [2.45, 2.75) is 32.1 Å². The lowest BCUT2D eigenvalue weighted by Gasteiger charge is -2.26. The average molecular weight is 299 g/mol. The Morgan fingerprint density at radius 2 is 2.18 bits per heavy atom. The topological polar surface area (TPSA) is 36.1 Å². The van der Waals surface area contributed by atoms with Crippen LogP contribution in [0.5, 0.6) is 0 Å². The molecule has 1 aliphatic carbocycles. The number of H-pyrrole nitrogens is 1. The summed E-state index contributed by atoms with van der Waals surface area (Å²) in [6.07, 6.45) is 8.33. The normalized spacial score (nSPS) is 17.1. The molecular weight excluding hydrogens is 280 g/mol. The van der Waals surface area contributed by atoms with Gasteiger partial charge in [-0.25, -0.2) is 0 Å². The van der Waals surface area contributed by atoms with E-state index in [1.807, 2.05) is 18.0 Å². The largest absolute Gasteiger partial charge is 0.356 e. The van der Waals surface area contributed by atoms with E-state index in [0.29, 0.717) is 11.6 Å². The molecule has 3 nitrogen and oxygen atoms in total. The van der Waals surface area contributed by atoms with E-state index in [2.05, 4.69) is 20.9 Å². The van der Waals surface area contributed by atoms with Crippen molar-refractivity contribution >= 4 is 21.8 Å². The Morgan fingerprint density at radius 1 is 1.47 bits per heavy atom. The van der Waals surface area contributed by atoms with Crippen LogP contribution in [0.1, 0.15) is 42.6 Å². The van der Waals surface area contributed by atoms with Crippen LogP contribution in [-0.4, -0.2) is 29.4 Å². The van der Waals surface area contributed by atoms with Gasteiger partial charge in [-0.1, -0.05) is 19.3 Å². The summed E-state index contributed by atoms with van der Waals surface area (Å²) in [5.74, 6) is 0.775. The van der Waals surface area contributed by atoms with Crippen LogP contribution in [-0.2, 0) is 0 Å². The first-order valence-electron chi connectivity index (χ1n) is 6.26. The minimum atomic E-state index is 0.0845. The van der Waals surface area contributed by atoms with E-state index in [1.54, 1.807) is 6.20 Å². The van der Waals surface area contributed by atoms with Crippen LogP contribution in [0, 0.1) is 5.92 Å². The van der Waals surface area contributed by atoms with Gasteiger partial charge in [0.25, 0.3) is 5.91 Å². The summed E-state index contributed by atoms with van der Waals surface area (Å²) in [7, 11) is 1.89. The second kappa shape index (κ2) is 5.71. The maximum absolute atomic E-state index is 12.1. The van der Waals surface area contributed by atoms with E-state index >= 15 is 0 Å². The van der Waals surface area contributed by atoms with E-state index < -0.39 is 0 Å². The molecular formula is C13H19BrN2O. The standard InChI is InChI=1S/C13H19BrN2O/c1-16(9-10-5-3-2-4-6-10)13(17)12-7-11(14)8-15-12/h7-8,10,15H,2-6,9H2,1H3. The summed E-state index contributed by atoms with van der Waals surface area (Å²) >= 11 is 3.35. The van der Waals surface area contributed by atoms with E-state index in [-0.39, 0.29) is 5.91 Å². The predicted molar refractivity (Wildman–Crippen MR) is 72.0 cm³/mol. The van der Waals surface area contributed by atoms with E-state index in [4.69, 9.17) is 0 Å². The van der Waals surface area contributed by atoms with Crippen molar-refractivity contribution < 1.29 is 4.79 Å². The van der Waals surface area contributed by atoms with Crippen LogP contribution >= 0.6 is 15.9 Å². The lowest BCUT2D eigenvalue weighted by molar-refractivity contribution is 0.0755. The van der Waals surface area contributed by atoms with E-state index in [9.17, 15) is 4.79 Å². The molecule has 1 N–H and O–H groups in total. The molecule has 0 bridgehead atoms. The second-order valence-electron chi connectivity index (χ2n) is 4.92. The molecule has 0 spiro atoms. The van der Waals surface area contributed by atoms with Crippen LogP contribution in [0.2, 0.25) is 0 Å². The maximum Gasteiger partial charge on any atom is 0.270 e. The molecule has 1 aliphatic rings. The summed E-state index contributed by atoms with van der Waals surface area (Å²) < 4.78 is 0.923. The number of aromatic amines is 1. The van der Waals surface area contributed by atoms with Gasteiger partial charge in [0.2, 0.25) is 0 Å². The molecule has 1 aromatic heterocycles. The molecule has 17 heavy (non-hydrogen) atoms. The second-order valence-corrected chi connectivity index (χ2v) is 5.84. The van der Waals surface area contributed by atoms with Crippen molar-refractivity contribution in [2.24, 2.45) is 5.92 Å². The highest BCUT2D eigenvalue weighted by molar-refractivity contribution is 9.10. The number of amides is 1. The van der Waals surface area contributed by atoms with Gasteiger partial charge in [0.05, 0.1) is 0 Å². The van der Waals surface area contributed by atoms with Gasteiger partial charge < -0.3 is 9.88 Å². The summed E-state index contributed by atoms with van der Waals surface area (Å²) in [6, 6.07) is 1.83. The van der Waals surface area contributed by atoms with E-state index in [0.717, 1.165) is 11.0 Å². The monoisotopic (exact) mass is 298 g/mol. The molecule has 0 saturated heterocycles. The number of rotatable bonds is 3. The lowest BCUT2D eigenvalue weighted by atomic mass is 9.89. The molecule has 0 radical (unpaired) electrons. The molecule has 1 aromatic rings. The van der Waals surface area contributed by atoms with Gasteiger partial charge in [0.1, 0.15) is 5.69 Å². The highest BCUT2D eigenvalue weighted by Crippen LogP contribution is 2.24. The number of carbonyl (C=O) groups is 1. The summed E-state index contributed by atoms with van der Waals surface area (Å²) in [5.41, 5.74) is 0.662. The van der Waals surface area contributed by atoms with Crippen molar-refractivity contribution in [1.29, 1.82) is 0 Å². The number of nitrogens with zero attached hydrogens (tertiary/aromatic N) is 1. The zero-order valence-corrected chi connectivity index (χ0v) is 11.8. The SMILES string of the molecule is CN(CC1CCCCC1)C(=O)c1cc(Br)c[nH]1. The smallest absolute Gasteiger partial charge is 0.270 e.